The summed E-state index contributed by atoms with van der Waals surface area (Å²) in [7, 11) is 1.81. The maximum atomic E-state index is 12.1. The molecule has 5 nitrogen and oxygen atoms in total. The fraction of sp³-hybridized carbons (Fsp3) is 0.417. The van der Waals surface area contributed by atoms with Crippen molar-refractivity contribution in [3.8, 4) is 0 Å². The number of hydrazine groups is 1. The van der Waals surface area contributed by atoms with Gasteiger partial charge in [0.15, 0.2) is 0 Å². The van der Waals surface area contributed by atoms with Crippen molar-refractivity contribution in [2.75, 3.05) is 18.5 Å². The van der Waals surface area contributed by atoms with Gasteiger partial charge in [-0.1, -0.05) is 18.2 Å². The number of nitrogens with zero attached hydrogens (tertiary/aromatic N) is 1. The molecule has 0 aliphatic carbocycles. The molecular weight excluding hydrogens is 248 g/mol. The molecule has 1 aliphatic heterocycles. The van der Waals surface area contributed by atoms with Crippen molar-refractivity contribution < 1.29 is 4.79 Å². The second-order valence-electron chi connectivity index (χ2n) is 4.21. The van der Waals surface area contributed by atoms with Crippen molar-refractivity contribution in [2.24, 2.45) is 5.84 Å². The molecule has 0 aromatic heterocycles. The summed E-state index contributed by atoms with van der Waals surface area (Å²) in [5.74, 6) is 5.47. The average molecular weight is 266 g/mol. The number of nitrogens with two attached hydrogens (primary N) is 1. The Bertz CT molecular complexity index is 400. The number of carbonyl (C=O) groups excluding carboxylic acids is 1. The molecule has 1 aliphatic rings. The third-order valence-corrected chi connectivity index (χ3v) is 4.22. The van der Waals surface area contributed by atoms with Crippen LogP contribution in [0.5, 0.6) is 0 Å². The van der Waals surface area contributed by atoms with E-state index in [-0.39, 0.29) is 16.7 Å². The lowest BCUT2D eigenvalue weighted by Gasteiger charge is -2.19. The Balaban J connectivity index is 1.89. The SMILES string of the molecule is CN(C(=O)CC1CNC(NN)S1)c1ccccc1. The van der Waals surface area contributed by atoms with E-state index in [1.165, 1.54) is 0 Å². The first kappa shape index (κ1) is 13.4. The van der Waals surface area contributed by atoms with Gasteiger partial charge in [0.05, 0.1) is 0 Å². The van der Waals surface area contributed by atoms with Crippen molar-refractivity contribution >= 4 is 23.4 Å². The Hall–Kier alpha value is -1.08. The summed E-state index contributed by atoms with van der Waals surface area (Å²) in [4.78, 5) is 13.8. The molecule has 1 saturated heterocycles. The summed E-state index contributed by atoms with van der Waals surface area (Å²) in [5.41, 5.74) is 3.62. The number of carbonyl (C=O) groups is 1. The van der Waals surface area contributed by atoms with E-state index in [0.717, 1.165) is 12.2 Å². The lowest BCUT2D eigenvalue weighted by atomic mass is 10.2. The molecule has 18 heavy (non-hydrogen) atoms. The molecule has 0 bridgehead atoms. The number of nitrogens with one attached hydrogen (secondary N) is 2. The summed E-state index contributed by atoms with van der Waals surface area (Å²) in [6.07, 6.45) is 0.515. The number of thioether (sulfide) groups is 1. The van der Waals surface area contributed by atoms with Crippen molar-refractivity contribution in [3.05, 3.63) is 30.3 Å². The Labute approximate surface area is 111 Å². The zero-order chi connectivity index (χ0) is 13.0. The number of anilines is 1. The summed E-state index contributed by atoms with van der Waals surface area (Å²) >= 11 is 1.66. The predicted molar refractivity (Wildman–Crippen MR) is 75.0 cm³/mol. The highest BCUT2D eigenvalue weighted by Crippen LogP contribution is 2.24. The normalized spacial score (nSPS) is 23.0. The minimum absolute atomic E-state index is 0.0461. The number of amides is 1. The standard InChI is InChI=1S/C12H18N4OS/c1-16(9-5-3-2-4-6-9)11(17)7-10-8-14-12(15-13)18-10/h2-6,10,12,14-15H,7-8,13H2,1H3. The molecule has 0 spiro atoms. The number of hydrogen-bond donors (Lipinski definition) is 3. The Morgan fingerprint density at radius 2 is 2.28 bits per heavy atom. The van der Waals surface area contributed by atoms with Gasteiger partial charge in [-0.15, -0.1) is 11.8 Å². The highest BCUT2D eigenvalue weighted by atomic mass is 32.2. The smallest absolute Gasteiger partial charge is 0.227 e. The molecule has 6 heteroatoms. The first-order chi connectivity index (χ1) is 8.70. The Morgan fingerprint density at radius 3 is 2.89 bits per heavy atom. The minimum atomic E-state index is 0.0461. The summed E-state index contributed by atoms with van der Waals surface area (Å²) in [5, 5.41) is 3.46. The van der Waals surface area contributed by atoms with E-state index in [1.807, 2.05) is 37.4 Å². The van der Waals surface area contributed by atoms with E-state index < -0.39 is 0 Å². The fourth-order valence-corrected chi connectivity index (χ4v) is 2.96. The van der Waals surface area contributed by atoms with Gasteiger partial charge in [-0.25, -0.2) is 5.43 Å². The van der Waals surface area contributed by atoms with E-state index >= 15 is 0 Å². The van der Waals surface area contributed by atoms with E-state index in [0.29, 0.717) is 6.42 Å². The van der Waals surface area contributed by atoms with Gasteiger partial charge in [0.25, 0.3) is 0 Å². The van der Waals surface area contributed by atoms with Crippen LogP contribution in [0.4, 0.5) is 5.69 Å². The maximum Gasteiger partial charge on any atom is 0.227 e. The lowest BCUT2D eigenvalue weighted by Crippen LogP contribution is -2.39. The molecule has 2 atom stereocenters. The van der Waals surface area contributed by atoms with Crippen molar-refractivity contribution in [1.29, 1.82) is 0 Å². The third kappa shape index (κ3) is 3.23. The van der Waals surface area contributed by atoms with E-state index in [4.69, 9.17) is 5.84 Å². The van der Waals surface area contributed by atoms with Crippen LogP contribution in [-0.4, -0.2) is 30.2 Å². The van der Waals surface area contributed by atoms with Gasteiger partial charge in [-0.2, -0.15) is 0 Å². The van der Waals surface area contributed by atoms with Crippen LogP contribution in [-0.2, 0) is 4.79 Å². The molecule has 1 heterocycles. The molecular formula is C12H18N4OS. The largest absolute Gasteiger partial charge is 0.315 e. The molecule has 0 radical (unpaired) electrons. The van der Waals surface area contributed by atoms with E-state index in [1.54, 1.807) is 16.7 Å². The fourth-order valence-electron chi connectivity index (χ4n) is 1.87. The van der Waals surface area contributed by atoms with Crippen molar-refractivity contribution in [3.63, 3.8) is 0 Å². The molecule has 2 unspecified atom stereocenters. The monoisotopic (exact) mass is 266 g/mol. The first-order valence-corrected chi connectivity index (χ1v) is 6.81. The Morgan fingerprint density at radius 1 is 1.56 bits per heavy atom. The number of hydrogen-bond acceptors (Lipinski definition) is 5. The van der Waals surface area contributed by atoms with E-state index in [9.17, 15) is 4.79 Å². The van der Waals surface area contributed by atoms with Gasteiger partial charge in [0.2, 0.25) is 5.91 Å². The number of rotatable bonds is 4. The highest BCUT2D eigenvalue weighted by Gasteiger charge is 2.26. The second-order valence-corrected chi connectivity index (χ2v) is 5.62. The summed E-state index contributed by atoms with van der Waals surface area (Å²) in [6.45, 7) is 0.800. The molecule has 1 amide bonds. The van der Waals surface area contributed by atoms with Crippen LogP contribution in [0.3, 0.4) is 0 Å². The maximum absolute atomic E-state index is 12.1. The van der Waals surface area contributed by atoms with Crippen molar-refractivity contribution in [2.45, 2.75) is 17.2 Å². The van der Waals surface area contributed by atoms with Crippen LogP contribution < -0.4 is 21.5 Å². The zero-order valence-electron chi connectivity index (χ0n) is 10.3. The van der Waals surface area contributed by atoms with Gasteiger partial charge in [0.1, 0.15) is 5.50 Å². The van der Waals surface area contributed by atoms with Crippen LogP contribution in [0.25, 0.3) is 0 Å². The quantitative estimate of drug-likeness (QED) is 0.546. The summed E-state index contributed by atoms with van der Waals surface area (Å²) < 4.78 is 0. The van der Waals surface area contributed by atoms with E-state index in [2.05, 4.69) is 10.7 Å². The summed E-state index contributed by atoms with van der Waals surface area (Å²) in [6, 6.07) is 9.67. The highest BCUT2D eigenvalue weighted by molar-refractivity contribution is 8.00. The van der Waals surface area contributed by atoms with Gasteiger partial charge < -0.3 is 4.90 Å². The van der Waals surface area contributed by atoms with Gasteiger partial charge in [-0.05, 0) is 12.1 Å². The molecule has 1 aromatic rings. The van der Waals surface area contributed by atoms with Crippen LogP contribution in [0.2, 0.25) is 0 Å². The Kier molecular flexibility index (Phi) is 4.60. The zero-order valence-corrected chi connectivity index (χ0v) is 11.1. The van der Waals surface area contributed by atoms with Gasteiger partial charge in [0, 0.05) is 31.0 Å². The molecule has 1 aromatic carbocycles. The molecule has 98 valence electrons. The van der Waals surface area contributed by atoms with Crippen molar-refractivity contribution in [1.82, 2.24) is 10.7 Å². The molecule has 0 saturated carbocycles. The van der Waals surface area contributed by atoms with Crippen LogP contribution in [0.15, 0.2) is 30.3 Å². The molecule has 4 N–H and O–H groups in total. The van der Waals surface area contributed by atoms with Crippen LogP contribution in [0, 0.1) is 0 Å². The van der Waals surface area contributed by atoms with Gasteiger partial charge >= 0.3 is 0 Å². The topological polar surface area (TPSA) is 70.4 Å². The van der Waals surface area contributed by atoms with Gasteiger partial charge in [-0.3, -0.25) is 16.0 Å². The lowest BCUT2D eigenvalue weighted by molar-refractivity contribution is -0.118. The predicted octanol–water partition coefficient (Wildman–Crippen LogP) is 0.491. The number of benzene rings is 1. The third-order valence-electron chi connectivity index (χ3n) is 2.93. The van der Waals surface area contributed by atoms with Crippen LogP contribution >= 0.6 is 11.8 Å². The molecule has 2 rings (SSSR count). The second kappa shape index (κ2) is 6.19. The van der Waals surface area contributed by atoms with Crippen LogP contribution in [0.1, 0.15) is 6.42 Å². The molecule has 1 fully saturated rings. The average Bonchev–Trinajstić information content (AvgIpc) is 2.86. The number of para-hydroxylation sites is 1. The minimum Gasteiger partial charge on any atom is -0.315 e. The first-order valence-electron chi connectivity index (χ1n) is 5.87.